The molecular formula is C11H11BrFNO2. The van der Waals surface area contributed by atoms with Crippen LogP contribution in [0, 0.1) is 5.82 Å². The molecule has 3 nitrogen and oxygen atoms in total. The molecule has 1 aromatic carbocycles. The van der Waals surface area contributed by atoms with E-state index < -0.39 is 0 Å². The van der Waals surface area contributed by atoms with Crippen LogP contribution in [0.4, 0.5) is 4.39 Å². The molecule has 1 aromatic heterocycles. The van der Waals surface area contributed by atoms with Crippen molar-refractivity contribution in [2.24, 2.45) is 5.73 Å². The average Bonchev–Trinajstić information content (AvgIpc) is 2.64. The Morgan fingerprint density at radius 1 is 1.50 bits per heavy atom. The number of fused-ring (bicyclic) bond motifs is 1. The molecule has 2 rings (SSSR count). The first-order chi connectivity index (χ1) is 7.69. The molecule has 0 aliphatic carbocycles. The summed E-state index contributed by atoms with van der Waals surface area (Å²) >= 11 is 3.32. The highest BCUT2D eigenvalue weighted by molar-refractivity contribution is 9.10. The maximum Gasteiger partial charge on any atom is 0.151 e. The molecule has 0 saturated carbocycles. The molecule has 0 bridgehead atoms. The zero-order valence-corrected chi connectivity index (χ0v) is 10.3. The van der Waals surface area contributed by atoms with Crippen molar-refractivity contribution in [3.63, 3.8) is 0 Å². The van der Waals surface area contributed by atoms with Crippen LogP contribution in [0.15, 0.2) is 21.0 Å². The third-order valence-electron chi connectivity index (χ3n) is 2.40. The number of halogens is 2. The average molecular weight is 288 g/mol. The third kappa shape index (κ3) is 1.75. The first kappa shape index (κ1) is 11.6. The van der Waals surface area contributed by atoms with Gasteiger partial charge in [-0.25, -0.2) is 4.39 Å². The maximum absolute atomic E-state index is 13.7. The fourth-order valence-corrected chi connectivity index (χ4v) is 2.11. The van der Waals surface area contributed by atoms with Gasteiger partial charge in [0.1, 0.15) is 11.6 Å². The second-order valence-electron chi connectivity index (χ2n) is 3.37. The molecular weight excluding hydrogens is 277 g/mol. The molecule has 2 N–H and O–H groups in total. The van der Waals surface area contributed by atoms with Crippen LogP contribution < -0.4 is 5.73 Å². The first-order valence-electron chi connectivity index (χ1n) is 4.76. The van der Waals surface area contributed by atoms with Crippen molar-refractivity contribution in [2.45, 2.75) is 13.2 Å². The molecule has 0 unspecified atom stereocenters. The van der Waals surface area contributed by atoms with Gasteiger partial charge in [0, 0.05) is 12.7 Å². The summed E-state index contributed by atoms with van der Waals surface area (Å²) in [7, 11) is 1.55. The van der Waals surface area contributed by atoms with Crippen LogP contribution >= 0.6 is 15.9 Å². The number of nitrogens with two attached hydrogens (primary N) is 1. The highest BCUT2D eigenvalue weighted by atomic mass is 79.9. The summed E-state index contributed by atoms with van der Waals surface area (Å²) < 4.78 is 25.0. The van der Waals surface area contributed by atoms with Crippen LogP contribution in [0.2, 0.25) is 0 Å². The van der Waals surface area contributed by atoms with Gasteiger partial charge in [0.2, 0.25) is 0 Å². The summed E-state index contributed by atoms with van der Waals surface area (Å²) in [6.45, 7) is 0.506. The van der Waals surface area contributed by atoms with Crippen molar-refractivity contribution in [1.82, 2.24) is 0 Å². The summed E-state index contributed by atoms with van der Waals surface area (Å²) in [6, 6.07) is 3.00. The minimum absolute atomic E-state index is 0.221. The Balaban J connectivity index is 2.78. The third-order valence-corrected chi connectivity index (χ3v) is 3.02. The van der Waals surface area contributed by atoms with Gasteiger partial charge in [0.15, 0.2) is 5.58 Å². The summed E-state index contributed by atoms with van der Waals surface area (Å²) in [4.78, 5) is 0. The van der Waals surface area contributed by atoms with Gasteiger partial charge in [0.05, 0.1) is 23.0 Å². The van der Waals surface area contributed by atoms with Crippen molar-refractivity contribution >= 4 is 26.9 Å². The Morgan fingerprint density at radius 2 is 2.25 bits per heavy atom. The molecule has 0 aliphatic rings. The SMILES string of the molecule is COCc1c(CN)oc2c(Br)ccc(F)c12. The van der Waals surface area contributed by atoms with Crippen LogP contribution in [-0.2, 0) is 17.9 Å². The Morgan fingerprint density at radius 3 is 2.88 bits per heavy atom. The molecule has 0 aliphatic heterocycles. The fraction of sp³-hybridized carbons (Fsp3) is 0.273. The zero-order chi connectivity index (χ0) is 11.7. The predicted molar refractivity (Wildman–Crippen MR) is 62.5 cm³/mol. The largest absolute Gasteiger partial charge is 0.458 e. The summed E-state index contributed by atoms with van der Waals surface area (Å²) in [5.74, 6) is 0.233. The molecule has 0 fully saturated rings. The van der Waals surface area contributed by atoms with Gasteiger partial charge in [-0.3, -0.25) is 0 Å². The lowest BCUT2D eigenvalue weighted by Gasteiger charge is -1.99. The van der Waals surface area contributed by atoms with E-state index in [1.54, 1.807) is 13.2 Å². The molecule has 0 radical (unpaired) electrons. The van der Waals surface area contributed by atoms with E-state index in [9.17, 15) is 4.39 Å². The second kappa shape index (κ2) is 4.53. The van der Waals surface area contributed by atoms with Crippen LogP contribution in [0.25, 0.3) is 11.0 Å². The number of hydrogen-bond donors (Lipinski definition) is 1. The molecule has 0 atom stereocenters. The van der Waals surface area contributed by atoms with E-state index in [1.165, 1.54) is 6.07 Å². The molecule has 0 amide bonds. The number of rotatable bonds is 3. The Labute approximate surface area is 100 Å². The van der Waals surface area contributed by atoms with Gasteiger partial charge >= 0.3 is 0 Å². The number of ether oxygens (including phenoxy) is 1. The van der Waals surface area contributed by atoms with E-state index in [-0.39, 0.29) is 19.0 Å². The predicted octanol–water partition coefficient (Wildman–Crippen LogP) is 2.94. The lowest BCUT2D eigenvalue weighted by atomic mass is 10.1. The Bertz CT molecular complexity index is 524. The number of furan rings is 1. The van der Waals surface area contributed by atoms with E-state index >= 15 is 0 Å². The molecule has 86 valence electrons. The van der Waals surface area contributed by atoms with Crippen LogP contribution in [0.5, 0.6) is 0 Å². The van der Waals surface area contributed by atoms with Crippen molar-refractivity contribution in [1.29, 1.82) is 0 Å². The van der Waals surface area contributed by atoms with Gasteiger partial charge < -0.3 is 14.9 Å². The normalized spacial score (nSPS) is 11.2. The number of methoxy groups -OCH3 is 1. The van der Waals surface area contributed by atoms with Crippen molar-refractivity contribution in [2.75, 3.05) is 7.11 Å². The van der Waals surface area contributed by atoms with Gasteiger partial charge in [0.25, 0.3) is 0 Å². The Kier molecular flexibility index (Phi) is 3.28. The molecule has 1 heterocycles. The van der Waals surface area contributed by atoms with Gasteiger partial charge in [-0.15, -0.1) is 0 Å². The topological polar surface area (TPSA) is 48.4 Å². The second-order valence-corrected chi connectivity index (χ2v) is 4.23. The Hall–Kier alpha value is -0.910. The highest BCUT2D eigenvalue weighted by Crippen LogP contribution is 2.33. The van der Waals surface area contributed by atoms with Crippen molar-refractivity contribution in [3.05, 3.63) is 33.7 Å². The van der Waals surface area contributed by atoms with Gasteiger partial charge in [-0.05, 0) is 28.1 Å². The van der Waals surface area contributed by atoms with E-state index in [1.807, 2.05) is 0 Å². The first-order valence-corrected chi connectivity index (χ1v) is 5.55. The quantitative estimate of drug-likeness (QED) is 0.944. The summed E-state index contributed by atoms with van der Waals surface area (Å²) in [5.41, 5.74) is 6.72. The van der Waals surface area contributed by atoms with E-state index in [0.29, 0.717) is 26.8 Å². The monoisotopic (exact) mass is 287 g/mol. The number of benzene rings is 1. The summed E-state index contributed by atoms with van der Waals surface area (Å²) in [5, 5.41) is 0.441. The van der Waals surface area contributed by atoms with Gasteiger partial charge in [-0.1, -0.05) is 0 Å². The highest BCUT2D eigenvalue weighted by Gasteiger charge is 2.18. The molecule has 0 spiro atoms. The van der Waals surface area contributed by atoms with Crippen molar-refractivity contribution < 1.29 is 13.5 Å². The standard InChI is InChI=1S/C11H11BrFNO2/c1-15-5-6-9(4-14)16-11-7(12)2-3-8(13)10(6)11/h2-3H,4-5,14H2,1H3. The smallest absolute Gasteiger partial charge is 0.151 e. The van der Waals surface area contributed by atoms with Crippen LogP contribution in [-0.4, -0.2) is 7.11 Å². The van der Waals surface area contributed by atoms with E-state index in [4.69, 9.17) is 14.9 Å². The van der Waals surface area contributed by atoms with Gasteiger partial charge in [-0.2, -0.15) is 0 Å². The molecule has 0 saturated heterocycles. The fourth-order valence-electron chi connectivity index (χ4n) is 1.70. The minimum atomic E-state index is -0.325. The minimum Gasteiger partial charge on any atom is -0.458 e. The summed E-state index contributed by atoms with van der Waals surface area (Å²) in [6.07, 6.45) is 0. The van der Waals surface area contributed by atoms with Crippen molar-refractivity contribution in [3.8, 4) is 0 Å². The molecule has 16 heavy (non-hydrogen) atoms. The molecule has 2 aromatic rings. The van der Waals surface area contributed by atoms with Crippen LogP contribution in [0.3, 0.4) is 0 Å². The zero-order valence-electron chi connectivity index (χ0n) is 8.72. The van der Waals surface area contributed by atoms with E-state index in [0.717, 1.165) is 0 Å². The number of hydrogen-bond acceptors (Lipinski definition) is 3. The lowest BCUT2D eigenvalue weighted by molar-refractivity contribution is 0.183. The lowest BCUT2D eigenvalue weighted by Crippen LogP contribution is -1.99. The maximum atomic E-state index is 13.7. The molecule has 5 heteroatoms. The van der Waals surface area contributed by atoms with Crippen LogP contribution in [0.1, 0.15) is 11.3 Å². The van der Waals surface area contributed by atoms with E-state index in [2.05, 4.69) is 15.9 Å².